The second-order valence-electron chi connectivity index (χ2n) is 16.7. The first kappa shape index (κ1) is 44.6. The molecule has 0 saturated carbocycles. The Hall–Kier alpha value is -7.22. The van der Waals surface area contributed by atoms with Crippen LogP contribution in [0, 0.1) is 0 Å². The average Bonchev–Trinajstić information content (AvgIpc) is 3.42. The van der Waals surface area contributed by atoms with E-state index in [1.54, 1.807) is 28.4 Å². The normalized spacial score (nSPS) is 11.3. The summed E-state index contributed by atoms with van der Waals surface area (Å²) in [6.45, 7) is 0. The van der Waals surface area contributed by atoms with E-state index in [-0.39, 0.29) is 0 Å². The molecule has 0 aromatic heterocycles. The molecule has 4 nitrogen and oxygen atoms in total. The van der Waals surface area contributed by atoms with Crippen LogP contribution in [0.25, 0.3) is 54.9 Å². The molecule has 0 aliphatic heterocycles. The monoisotopic (exact) mass is 922 g/mol. The lowest BCUT2D eigenvalue weighted by atomic mass is 9.82. The minimum Gasteiger partial charge on any atom is -0.497 e. The maximum Gasteiger partial charge on any atom is 0.118 e. The van der Waals surface area contributed by atoms with Gasteiger partial charge in [0.05, 0.1) is 28.4 Å². The zero-order valence-electron chi connectivity index (χ0n) is 38.7. The Morgan fingerprint density at radius 1 is 0.309 bits per heavy atom. The third-order valence-corrected chi connectivity index (χ3v) is 17.9. The van der Waals surface area contributed by atoms with Crippen molar-refractivity contribution in [3.8, 4) is 56.4 Å². The van der Waals surface area contributed by atoms with Crippen LogP contribution in [0.15, 0.2) is 218 Å². The lowest BCUT2D eigenvalue weighted by molar-refractivity contribution is 0.415. The lowest BCUT2D eigenvalue weighted by Crippen LogP contribution is -2.15. The molecule has 0 unspecified atom stereocenters. The van der Waals surface area contributed by atoms with Gasteiger partial charge in [0.15, 0.2) is 0 Å². The highest BCUT2D eigenvalue weighted by atomic mass is 31.1. The topological polar surface area (TPSA) is 36.9 Å². The molecule has 0 aliphatic rings. The van der Waals surface area contributed by atoms with Gasteiger partial charge in [0.1, 0.15) is 23.0 Å². The van der Waals surface area contributed by atoms with Crippen molar-refractivity contribution in [2.45, 2.75) is 12.3 Å². The summed E-state index contributed by atoms with van der Waals surface area (Å²) in [5.41, 5.74) is 10.1. The smallest absolute Gasteiger partial charge is 0.118 e. The molecule has 0 heterocycles. The zero-order valence-corrected chi connectivity index (χ0v) is 40.5. The minimum atomic E-state index is -0.964. The quantitative estimate of drug-likeness (QED) is 0.0960. The van der Waals surface area contributed by atoms with Gasteiger partial charge in [-0.3, -0.25) is 0 Å². The molecule has 10 aromatic carbocycles. The molecule has 0 N–H and O–H groups in total. The van der Waals surface area contributed by atoms with Crippen molar-refractivity contribution in [3.63, 3.8) is 0 Å². The number of rotatable bonds is 15. The SMILES string of the molecule is COc1ccc(P(Cc2c(-c3ccccc3)cc3ccccc3c2-c2c(CP(c3ccc(OC)cc3)c3ccc(OC)cc3)c(-c3ccccc3)cc3ccccc23)c2ccc(OC)cc2)cc1. The molecular weight excluding hydrogens is 871 g/mol. The van der Waals surface area contributed by atoms with Gasteiger partial charge in [-0.1, -0.05) is 158 Å². The van der Waals surface area contributed by atoms with Crippen molar-refractivity contribution >= 4 is 58.6 Å². The molecule has 0 bridgehead atoms. The highest BCUT2D eigenvalue weighted by Crippen LogP contribution is 2.53. The predicted octanol–water partition coefficient (Wildman–Crippen LogP) is 14.3. The van der Waals surface area contributed by atoms with Crippen LogP contribution in [0.1, 0.15) is 11.1 Å². The number of ether oxygens (including phenoxy) is 4. The third kappa shape index (κ3) is 9.11. The van der Waals surface area contributed by atoms with Crippen LogP contribution >= 0.6 is 15.8 Å². The van der Waals surface area contributed by atoms with Crippen molar-refractivity contribution in [2.75, 3.05) is 28.4 Å². The fraction of sp³-hybridized carbons (Fsp3) is 0.0968. The summed E-state index contributed by atoms with van der Waals surface area (Å²) in [5, 5.41) is 9.97. The second-order valence-corrected chi connectivity index (χ2v) is 21.1. The largest absolute Gasteiger partial charge is 0.497 e. The molecule has 0 saturated heterocycles. The number of hydrogen-bond acceptors (Lipinski definition) is 4. The number of hydrogen-bond donors (Lipinski definition) is 0. The molecule has 334 valence electrons. The molecule has 0 spiro atoms. The van der Waals surface area contributed by atoms with Crippen LogP contribution < -0.4 is 40.2 Å². The van der Waals surface area contributed by atoms with Crippen LogP contribution in [0.3, 0.4) is 0 Å². The fourth-order valence-electron chi connectivity index (χ4n) is 9.46. The van der Waals surface area contributed by atoms with E-state index in [0.717, 1.165) is 35.3 Å². The molecule has 0 fully saturated rings. The summed E-state index contributed by atoms with van der Waals surface area (Å²) in [7, 11) is 5.00. The van der Waals surface area contributed by atoms with Crippen LogP contribution in [-0.4, -0.2) is 28.4 Å². The van der Waals surface area contributed by atoms with E-state index in [1.165, 1.54) is 87.3 Å². The molecule has 0 aliphatic carbocycles. The summed E-state index contributed by atoms with van der Waals surface area (Å²) < 4.78 is 22.8. The standard InChI is InChI=1S/C62H52O4P2/c1-63-47-23-31-51(32-24-47)67(52-33-25-48(64-2)26-34-52)41-59-57(43-15-7-5-8-16-43)39-45-19-11-13-21-55(45)61(59)62-56-22-14-12-20-46(56)40-58(44-17-9-6-10-18-44)60(62)42-68(53-35-27-49(65-3)28-36-53)54-37-29-50(66-4)30-38-54/h5-40H,41-42H2,1-4H3. The number of fused-ring (bicyclic) bond motifs is 2. The summed E-state index contributed by atoms with van der Waals surface area (Å²) in [4.78, 5) is 0. The van der Waals surface area contributed by atoms with Crippen LogP contribution in [0.5, 0.6) is 23.0 Å². The summed E-state index contributed by atoms with van der Waals surface area (Å²) in [5.74, 6) is 3.37. The maximum absolute atomic E-state index is 5.71. The number of methoxy groups -OCH3 is 4. The van der Waals surface area contributed by atoms with Crippen molar-refractivity contribution < 1.29 is 18.9 Å². The van der Waals surface area contributed by atoms with Crippen LogP contribution in [0.2, 0.25) is 0 Å². The molecule has 0 amide bonds. The molecule has 10 rings (SSSR count). The molecule has 0 atom stereocenters. The van der Waals surface area contributed by atoms with Gasteiger partial charge in [-0.2, -0.15) is 0 Å². The summed E-state index contributed by atoms with van der Waals surface area (Å²) in [6, 6.07) is 79.7. The second kappa shape index (κ2) is 20.3. The summed E-state index contributed by atoms with van der Waals surface area (Å²) in [6.07, 6.45) is 1.57. The van der Waals surface area contributed by atoms with E-state index in [4.69, 9.17) is 18.9 Å². The van der Waals surface area contributed by atoms with Gasteiger partial charge in [-0.05, 0) is 164 Å². The van der Waals surface area contributed by atoms with Gasteiger partial charge in [0.25, 0.3) is 0 Å². The minimum absolute atomic E-state index is 0.785. The summed E-state index contributed by atoms with van der Waals surface area (Å²) >= 11 is 0. The van der Waals surface area contributed by atoms with Gasteiger partial charge in [0.2, 0.25) is 0 Å². The highest BCUT2D eigenvalue weighted by molar-refractivity contribution is 7.72. The lowest BCUT2D eigenvalue weighted by Gasteiger charge is -2.29. The van der Waals surface area contributed by atoms with Crippen molar-refractivity contribution in [1.82, 2.24) is 0 Å². The first-order valence-corrected chi connectivity index (χ1v) is 25.9. The Kier molecular flexibility index (Phi) is 13.3. The van der Waals surface area contributed by atoms with Crippen molar-refractivity contribution in [3.05, 3.63) is 230 Å². The van der Waals surface area contributed by atoms with Gasteiger partial charge in [0, 0.05) is 12.3 Å². The van der Waals surface area contributed by atoms with E-state index in [1.807, 2.05) is 0 Å². The molecule has 0 radical (unpaired) electrons. The van der Waals surface area contributed by atoms with Crippen molar-refractivity contribution in [2.24, 2.45) is 0 Å². The third-order valence-electron chi connectivity index (χ3n) is 12.9. The fourth-order valence-corrected chi connectivity index (χ4v) is 14.1. The van der Waals surface area contributed by atoms with Gasteiger partial charge in [-0.25, -0.2) is 0 Å². The van der Waals surface area contributed by atoms with Crippen LogP contribution in [0.4, 0.5) is 0 Å². The van der Waals surface area contributed by atoms with Gasteiger partial charge < -0.3 is 18.9 Å². The zero-order chi connectivity index (χ0) is 46.4. The predicted molar refractivity (Wildman–Crippen MR) is 290 cm³/mol. The van der Waals surface area contributed by atoms with E-state index in [0.29, 0.717) is 0 Å². The maximum atomic E-state index is 5.71. The first-order valence-electron chi connectivity index (χ1n) is 22.8. The van der Waals surface area contributed by atoms with E-state index >= 15 is 0 Å². The Labute approximate surface area is 402 Å². The molecule has 10 aromatic rings. The molecular formula is C62H52O4P2. The van der Waals surface area contributed by atoms with E-state index < -0.39 is 15.8 Å². The first-order chi connectivity index (χ1) is 33.5. The average molecular weight is 923 g/mol. The molecule has 6 heteroatoms. The molecule has 68 heavy (non-hydrogen) atoms. The van der Waals surface area contributed by atoms with Crippen molar-refractivity contribution in [1.29, 1.82) is 0 Å². The van der Waals surface area contributed by atoms with E-state index in [2.05, 4.69) is 218 Å². The van der Waals surface area contributed by atoms with E-state index in [9.17, 15) is 0 Å². The van der Waals surface area contributed by atoms with Crippen LogP contribution in [-0.2, 0) is 12.3 Å². The Morgan fingerprint density at radius 2 is 0.588 bits per heavy atom. The van der Waals surface area contributed by atoms with Gasteiger partial charge in [-0.15, -0.1) is 0 Å². The highest BCUT2D eigenvalue weighted by Gasteiger charge is 2.28. The number of benzene rings is 10. The van der Waals surface area contributed by atoms with Gasteiger partial charge >= 0.3 is 0 Å². The Balaban J connectivity index is 1.33. The Morgan fingerprint density at radius 3 is 0.882 bits per heavy atom. The Bertz CT molecular complexity index is 2980.